The Morgan fingerprint density at radius 3 is 2.58 bits per heavy atom. The van der Waals surface area contributed by atoms with E-state index in [1.165, 1.54) is 5.56 Å². The summed E-state index contributed by atoms with van der Waals surface area (Å²) in [7, 11) is 3.48. The van der Waals surface area contributed by atoms with Crippen LogP contribution in [0.4, 0.5) is 0 Å². The predicted molar refractivity (Wildman–Crippen MR) is 81.7 cm³/mol. The van der Waals surface area contributed by atoms with Crippen LogP contribution < -0.4 is 4.74 Å². The van der Waals surface area contributed by atoms with Gasteiger partial charge in [-0.05, 0) is 52.2 Å². The number of methoxy groups -OCH3 is 2. The van der Waals surface area contributed by atoms with Crippen molar-refractivity contribution >= 4 is 6.08 Å². The van der Waals surface area contributed by atoms with Gasteiger partial charge in [0.15, 0.2) is 0 Å². The Balaban J connectivity index is 2.51. The molecule has 0 radical (unpaired) electrons. The monoisotopic (exact) mass is 262 g/mol. The van der Waals surface area contributed by atoms with Crippen molar-refractivity contribution in [2.24, 2.45) is 0 Å². The number of aryl methyl sites for hydroxylation is 1. The molecule has 2 heteroatoms. The standard InChI is InChI=1S/C17H26O2/c1-14-10-11-16(18-4)15(13-14)9-7-6-8-12-17(2,3)19-5/h7,9-11,13H,6,8,12H2,1-5H3/b9-7+. The van der Waals surface area contributed by atoms with Gasteiger partial charge >= 0.3 is 0 Å². The highest BCUT2D eigenvalue weighted by Crippen LogP contribution is 2.22. The molecule has 1 aromatic carbocycles. The van der Waals surface area contributed by atoms with Gasteiger partial charge in [0.25, 0.3) is 0 Å². The van der Waals surface area contributed by atoms with Crippen LogP contribution in [0.15, 0.2) is 24.3 Å². The molecule has 0 amide bonds. The van der Waals surface area contributed by atoms with Crippen LogP contribution in [-0.2, 0) is 4.74 Å². The van der Waals surface area contributed by atoms with Crippen molar-refractivity contribution in [3.05, 3.63) is 35.4 Å². The highest BCUT2D eigenvalue weighted by atomic mass is 16.5. The van der Waals surface area contributed by atoms with E-state index >= 15 is 0 Å². The summed E-state index contributed by atoms with van der Waals surface area (Å²) in [6.45, 7) is 6.35. The van der Waals surface area contributed by atoms with Gasteiger partial charge in [-0.3, -0.25) is 0 Å². The predicted octanol–water partition coefficient (Wildman–Crippen LogP) is 4.61. The molecule has 0 saturated heterocycles. The highest BCUT2D eigenvalue weighted by molar-refractivity contribution is 5.58. The van der Waals surface area contributed by atoms with E-state index < -0.39 is 0 Å². The molecular formula is C17H26O2. The van der Waals surface area contributed by atoms with E-state index in [0.717, 1.165) is 30.6 Å². The molecule has 0 heterocycles. The number of rotatable bonds is 7. The molecule has 0 bridgehead atoms. The first-order chi connectivity index (χ1) is 8.98. The van der Waals surface area contributed by atoms with E-state index in [2.05, 4.69) is 45.1 Å². The Morgan fingerprint density at radius 1 is 1.21 bits per heavy atom. The lowest BCUT2D eigenvalue weighted by molar-refractivity contribution is 0.0141. The summed E-state index contributed by atoms with van der Waals surface area (Å²) in [4.78, 5) is 0. The second-order valence-corrected chi connectivity index (χ2v) is 5.50. The van der Waals surface area contributed by atoms with Crippen molar-refractivity contribution in [3.8, 4) is 5.75 Å². The topological polar surface area (TPSA) is 18.5 Å². The summed E-state index contributed by atoms with van der Waals surface area (Å²) in [6, 6.07) is 6.23. The van der Waals surface area contributed by atoms with Crippen molar-refractivity contribution in [2.75, 3.05) is 14.2 Å². The molecule has 1 aromatic rings. The molecule has 2 nitrogen and oxygen atoms in total. The van der Waals surface area contributed by atoms with Gasteiger partial charge in [-0.25, -0.2) is 0 Å². The first-order valence-corrected chi connectivity index (χ1v) is 6.85. The van der Waals surface area contributed by atoms with E-state index in [4.69, 9.17) is 9.47 Å². The Bertz CT molecular complexity index is 419. The zero-order valence-corrected chi connectivity index (χ0v) is 12.8. The minimum absolute atomic E-state index is 0.0190. The zero-order valence-electron chi connectivity index (χ0n) is 12.8. The van der Waals surface area contributed by atoms with Gasteiger partial charge in [0, 0.05) is 12.7 Å². The molecule has 0 spiro atoms. The summed E-state index contributed by atoms with van der Waals surface area (Å²) >= 11 is 0. The van der Waals surface area contributed by atoms with Crippen molar-refractivity contribution < 1.29 is 9.47 Å². The number of ether oxygens (including phenoxy) is 2. The number of hydrogen-bond acceptors (Lipinski definition) is 2. The lowest BCUT2D eigenvalue weighted by Crippen LogP contribution is -2.21. The molecular weight excluding hydrogens is 236 g/mol. The maximum absolute atomic E-state index is 5.41. The molecule has 1 rings (SSSR count). The molecule has 0 aliphatic carbocycles. The van der Waals surface area contributed by atoms with Crippen LogP contribution in [0.3, 0.4) is 0 Å². The quantitative estimate of drug-likeness (QED) is 0.668. The van der Waals surface area contributed by atoms with Gasteiger partial charge in [0.2, 0.25) is 0 Å². The number of hydrogen-bond donors (Lipinski definition) is 0. The summed E-state index contributed by atoms with van der Waals surface area (Å²) in [5, 5.41) is 0. The van der Waals surface area contributed by atoms with E-state index in [0.29, 0.717) is 0 Å². The van der Waals surface area contributed by atoms with E-state index in [-0.39, 0.29) is 5.60 Å². The van der Waals surface area contributed by atoms with Crippen LogP contribution in [0.5, 0.6) is 5.75 Å². The third-order valence-electron chi connectivity index (χ3n) is 3.38. The van der Waals surface area contributed by atoms with Gasteiger partial charge < -0.3 is 9.47 Å². The van der Waals surface area contributed by atoms with Crippen LogP contribution in [0.1, 0.15) is 44.2 Å². The molecule has 0 N–H and O–H groups in total. The van der Waals surface area contributed by atoms with E-state index in [9.17, 15) is 0 Å². The lowest BCUT2D eigenvalue weighted by atomic mass is 10.0. The number of benzene rings is 1. The normalized spacial score (nSPS) is 12.1. The Labute approximate surface area is 117 Å². The van der Waals surface area contributed by atoms with Crippen LogP contribution in [0.25, 0.3) is 6.08 Å². The largest absolute Gasteiger partial charge is 0.496 e. The molecule has 0 fully saturated rings. The maximum atomic E-state index is 5.41. The molecule has 0 saturated carbocycles. The average molecular weight is 262 g/mol. The third kappa shape index (κ3) is 5.48. The van der Waals surface area contributed by atoms with Gasteiger partial charge in [-0.1, -0.05) is 23.8 Å². The fourth-order valence-corrected chi connectivity index (χ4v) is 1.94. The Hall–Kier alpha value is -1.28. The SMILES string of the molecule is COc1ccc(C)cc1/C=C/CCCC(C)(C)OC. The fraction of sp³-hybridized carbons (Fsp3) is 0.529. The lowest BCUT2D eigenvalue weighted by Gasteiger charge is -2.22. The van der Waals surface area contributed by atoms with E-state index in [1.807, 2.05) is 6.07 Å². The molecule has 0 aliphatic rings. The summed E-state index contributed by atoms with van der Waals surface area (Å²) < 4.78 is 10.8. The van der Waals surface area contributed by atoms with Crippen LogP contribution >= 0.6 is 0 Å². The van der Waals surface area contributed by atoms with Crippen molar-refractivity contribution in [3.63, 3.8) is 0 Å². The van der Waals surface area contributed by atoms with Crippen LogP contribution in [0.2, 0.25) is 0 Å². The third-order valence-corrected chi connectivity index (χ3v) is 3.38. The second kappa shape index (κ2) is 7.34. The first kappa shape index (κ1) is 15.8. The Kier molecular flexibility index (Phi) is 6.10. The molecule has 0 aliphatic heterocycles. The second-order valence-electron chi connectivity index (χ2n) is 5.50. The minimum atomic E-state index is -0.0190. The van der Waals surface area contributed by atoms with Crippen LogP contribution in [0, 0.1) is 6.92 Å². The summed E-state index contributed by atoms with van der Waals surface area (Å²) in [5.74, 6) is 0.930. The van der Waals surface area contributed by atoms with Gasteiger partial charge in [0.1, 0.15) is 5.75 Å². The fourth-order valence-electron chi connectivity index (χ4n) is 1.94. The maximum Gasteiger partial charge on any atom is 0.126 e. The summed E-state index contributed by atoms with van der Waals surface area (Å²) in [6.07, 6.45) is 7.61. The molecule has 0 aromatic heterocycles. The summed E-state index contributed by atoms with van der Waals surface area (Å²) in [5.41, 5.74) is 2.38. The Morgan fingerprint density at radius 2 is 1.95 bits per heavy atom. The van der Waals surface area contributed by atoms with Crippen LogP contribution in [-0.4, -0.2) is 19.8 Å². The van der Waals surface area contributed by atoms with Crippen molar-refractivity contribution in [2.45, 2.75) is 45.6 Å². The highest BCUT2D eigenvalue weighted by Gasteiger charge is 2.14. The molecule has 19 heavy (non-hydrogen) atoms. The molecule has 0 atom stereocenters. The molecule has 0 unspecified atom stereocenters. The number of allylic oxidation sites excluding steroid dienone is 1. The van der Waals surface area contributed by atoms with E-state index in [1.54, 1.807) is 14.2 Å². The smallest absolute Gasteiger partial charge is 0.126 e. The molecule has 106 valence electrons. The first-order valence-electron chi connectivity index (χ1n) is 6.85. The average Bonchev–Trinajstić information content (AvgIpc) is 2.38. The van der Waals surface area contributed by atoms with Crippen molar-refractivity contribution in [1.29, 1.82) is 0 Å². The number of unbranched alkanes of at least 4 members (excludes halogenated alkanes) is 1. The van der Waals surface area contributed by atoms with Crippen molar-refractivity contribution in [1.82, 2.24) is 0 Å². The van der Waals surface area contributed by atoms with Gasteiger partial charge in [-0.2, -0.15) is 0 Å². The minimum Gasteiger partial charge on any atom is -0.496 e. The van der Waals surface area contributed by atoms with Gasteiger partial charge in [0.05, 0.1) is 12.7 Å². The zero-order chi connectivity index (χ0) is 14.3. The van der Waals surface area contributed by atoms with Gasteiger partial charge in [-0.15, -0.1) is 0 Å².